The summed E-state index contributed by atoms with van der Waals surface area (Å²) >= 11 is 0. The van der Waals surface area contributed by atoms with E-state index in [1.54, 1.807) is 23.6 Å². The molecule has 13 heteroatoms. The molecule has 6 rings (SSSR count). The first-order valence-electron chi connectivity index (χ1n) is 12.7. The molecule has 1 saturated heterocycles. The molecule has 0 radical (unpaired) electrons. The number of amides is 1. The van der Waals surface area contributed by atoms with E-state index in [1.165, 1.54) is 6.08 Å². The Hall–Kier alpha value is -3.45. The van der Waals surface area contributed by atoms with Crippen LogP contribution >= 0.6 is 10.4 Å². The molecule has 0 saturated carbocycles. The summed E-state index contributed by atoms with van der Waals surface area (Å²) in [4.78, 5) is 32.9. The number of carbonyl (C=O) groups excluding carboxylic acids is 1. The Morgan fingerprint density at radius 2 is 1.85 bits per heavy atom. The summed E-state index contributed by atoms with van der Waals surface area (Å²) in [5, 5.41) is -0.0366. The highest BCUT2D eigenvalue weighted by Gasteiger charge is 2.50. The Kier molecular flexibility index (Phi) is 5.87. The Bertz CT molecular complexity index is 1660. The van der Waals surface area contributed by atoms with E-state index in [2.05, 4.69) is 11.6 Å². The first-order valence-corrected chi connectivity index (χ1v) is 14.4. The average molecular weight is 580 g/mol. The second-order valence-electron chi connectivity index (χ2n) is 10.6. The lowest BCUT2D eigenvalue weighted by atomic mass is 9.96. The molecular weight excluding hydrogens is 553 g/mol. The predicted molar refractivity (Wildman–Crippen MR) is 143 cm³/mol. The van der Waals surface area contributed by atoms with Gasteiger partial charge in [-0.3, -0.25) is 9.36 Å². The van der Waals surface area contributed by atoms with Crippen LogP contribution in [0.5, 0.6) is 0 Å². The molecule has 4 unspecified atom stereocenters. The molecule has 212 valence electrons. The number of anilines is 1. The van der Waals surface area contributed by atoms with Crippen molar-refractivity contribution in [2.24, 2.45) is 5.73 Å². The van der Waals surface area contributed by atoms with Crippen LogP contribution in [0.4, 0.5) is 27.3 Å². The number of halogens is 5. The molecule has 0 aliphatic carbocycles. The molecule has 0 spiro atoms. The van der Waals surface area contributed by atoms with E-state index in [1.807, 2.05) is 0 Å². The van der Waals surface area contributed by atoms with Crippen LogP contribution in [0.25, 0.3) is 22.0 Å². The summed E-state index contributed by atoms with van der Waals surface area (Å²) in [6.45, 7) is 7.28. The summed E-state index contributed by atoms with van der Waals surface area (Å²) < 4.78 is 76.9. The Morgan fingerprint density at radius 1 is 1.18 bits per heavy atom. The van der Waals surface area contributed by atoms with Gasteiger partial charge in [-0.1, -0.05) is 12.6 Å². The number of nitrogens with two attached hydrogens (primary N) is 1. The van der Waals surface area contributed by atoms with Gasteiger partial charge < -0.3 is 15.5 Å². The van der Waals surface area contributed by atoms with Gasteiger partial charge in [-0.2, -0.15) is 22.0 Å². The second kappa shape index (κ2) is 8.77. The van der Waals surface area contributed by atoms with Crippen molar-refractivity contribution in [3.8, 4) is 11.1 Å². The van der Waals surface area contributed by atoms with Crippen LogP contribution in [0, 0.1) is 5.82 Å². The topological polar surface area (TPSA) is 84.5 Å². The predicted octanol–water partition coefficient (Wildman–Crippen LogP) is 4.59. The van der Waals surface area contributed by atoms with Gasteiger partial charge in [0.1, 0.15) is 11.6 Å². The second-order valence-corrected chi connectivity index (χ2v) is 13.1. The van der Waals surface area contributed by atoms with Gasteiger partial charge in [0.2, 0.25) is 5.91 Å². The van der Waals surface area contributed by atoms with Crippen molar-refractivity contribution in [3.63, 3.8) is 0 Å². The van der Waals surface area contributed by atoms with E-state index in [4.69, 9.17) is 5.73 Å². The van der Waals surface area contributed by atoms with E-state index >= 15 is 3.89 Å². The molecule has 3 aliphatic rings. The third-order valence-electron chi connectivity index (χ3n) is 7.90. The highest BCUT2D eigenvalue weighted by Crippen LogP contribution is 2.76. The van der Waals surface area contributed by atoms with Gasteiger partial charge in [0, 0.05) is 59.4 Å². The molecule has 7 nitrogen and oxygen atoms in total. The highest BCUT2D eigenvalue weighted by atomic mass is 32.3. The van der Waals surface area contributed by atoms with Crippen molar-refractivity contribution in [1.29, 1.82) is 0 Å². The first kappa shape index (κ1) is 26.8. The van der Waals surface area contributed by atoms with Gasteiger partial charge in [0.05, 0.1) is 16.0 Å². The Morgan fingerprint density at radius 3 is 2.48 bits per heavy atom. The van der Waals surface area contributed by atoms with Gasteiger partial charge in [0.25, 0.3) is 0 Å². The number of hydrogen-bond acceptors (Lipinski definition) is 5. The third-order valence-corrected chi connectivity index (χ3v) is 10.9. The maximum atomic E-state index is 17.3. The zero-order valence-electron chi connectivity index (χ0n) is 21.6. The molecular formula is C27H26F5N5O2S. The Balaban J connectivity index is 1.69. The molecule has 40 heavy (non-hydrogen) atoms. The standard InChI is InChI=1S/C27H26F5N5O2S/c1-4-21(38)37-13(2)9-35(10-14(37)3)25-18-8-19(27(29,30)31)22-17-6-5-15(28)7-20(17)40(32)12-16(33)11-36(26(39)34-25)23(18)24(22)40/h4-8,13-14,16H,1,9-12,33H2,2-3H3. The molecule has 4 heterocycles. The Labute approximate surface area is 227 Å². The molecule has 1 amide bonds. The molecule has 3 aromatic rings. The van der Waals surface area contributed by atoms with Crippen molar-refractivity contribution < 1.29 is 26.2 Å². The molecule has 1 aromatic heterocycles. The van der Waals surface area contributed by atoms with Gasteiger partial charge in [-0.25, -0.2) is 9.18 Å². The van der Waals surface area contributed by atoms with Crippen LogP contribution in [0.1, 0.15) is 19.4 Å². The van der Waals surface area contributed by atoms with Crippen LogP contribution in [-0.4, -0.2) is 57.3 Å². The smallest absolute Gasteiger partial charge is 0.352 e. The van der Waals surface area contributed by atoms with Crippen LogP contribution in [0.2, 0.25) is 0 Å². The summed E-state index contributed by atoms with van der Waals surface area (Å²) in [6, 6.07) is 2.33. The number of rotatable bonds is 2. The van der Waals surface area contributed by atoms with E-state index in [0.717, 1.165) is 28.8 Å². The van der Waals surface area contributed by atoms with E-state index in [0.29, 0.717) is 0 Å². The monoisotopic (exact) mass is 579 g/mol. The molecule has 2 N–H and O–H groups in total. The highest BCUT2D eigenvalue weighted by molar-refractivity contribution is 8.30. The van der Waals surface area contributed by atoms with Crippen molar-refractivity contribution in [2.75, 3.05) is 23.7 Å². The number of benzene rings is 2. The minimum Gasteiger partial charge on any atom is -0.352 e. The molecule has 0 bridgehead atoms. The number of hydrogen-bond donors (Lipinski definition) is 1. The fourth-order valence-corrected chi connectivity index (χ4v) is 9.63. The summed E-state index contributed by atoms with van der Waals surface area (Å²) in [5.74, 6) is -1.45. The molecule has 1 fully saturated rings. The quantitative estimate of drug-likeness (QED) is 0.355. The van der Waals surface area contributed by atoms with Crippen molar-refractivity contribution >= 4 is 33.0 Å². The van der Waals surface area contributed by atoms with Crippen LogP contribution in [0.3, 0.4) is 0 Å². The molecule has 3 aliphatic heterocycles. The maximum Gasteiger partial charge on any atom is 0.417 e. The summed E-state index contributed by atoms with van der Waals surface area (Å²) in [6.07, 6.45) is -3.70. The summed E-state index contributed by atoms with van der Waals surface area (Å²) in [5.41, 5.74) is 3.97. The fraction of sp³-hybridized carbons (Fsp3) is 0.370. The average Bonchev–Trinajstić information content (AvgIpc) is 3.02. The number of aromatic nitrogens is 2. The number of alkyl halides is 3. The molecule has 2 aromatic carbocycles. The molecule has 4 atom stereocenters. The zero-order chi connectivity index (χ0) is 28.9. The van der Waals surface area contributed by atoms with Crippen LogP contribution in [-0.2, 0) is 17.5 Å². The fourth-order valence-electron chi connectivity index (χ4n) is 6.48. The first-order chi connectivity index (χ1) is 18.8. The SMILES string of the molecule is C=CC(=O)N1C(C)CN(c2nc(=O)n3c4c5c(c(C(F)(F)F)cc24)-c2ccc(F)cc2S5(F)CC(N)C3)CC1C. The summed E-state index contributed by atoms with van der Waals surface area (Å²) in [7, 11) is -3.75. The van der Waals surface area contributed by atoms with Crippen LogP contribution in [0.15, 0.2) is 51.5 Å². The maximum absolute atomic E-state index is 17.3. The third kappa shape index (κ3) is 3.70. The van der Waals surface area contributed by atoms with Gasteiger partial charge in [0.15, 0.2) is 0 Å². The zero-order valence-corrected chi connectivity index (χ0v) is 22.5. The number of piperazine rings is 1. The normalized spacial score (nSPS) is 27.2. The lowest BCUT2D eigenvalue weighted by Crippen LogP contribution is -2.58. The van der Waals surface area contributed by atoms with Gasteiger partial charge >= 0.3 is 11.9 Å². The van der Waals surface area contributed by atoms with Crippen molar-refractivity contribution in [2.45, 2.75) is 54.5 Å². The van der Waals surface area contributed by atoms with E-state index in [9.17, 15) is 27.2 Å². The lowest BCUT2D eigenvalue weighted by Gasteiger charge is -2.44. The van der Waals surface area contributed by atoms with E-state index in [-0.39, 0.29) is 81.0 Å². The minimum absolute atomic E-state index is 0.00459. The lowest BCUT2D eigenvalue weighted by molar-refractivity contribution is -0.137. The van der Waals surface area contributed by atoms with Crippen LogP contribution < -0.4 is 16.3 Å². The van der Waals surface area contributed by atoms with E-state index < -0.39 is 39.7 Å². The number of fused-ring (bicyclic) bond motifs is 3. The minimum atomic E-state index is -4.89. The van der Waals surface area contributed by atoms with Gasteiger partial charge in [-0.15, -0.1) is 0 Å². The van der Waals surface area contributed by atoms with Crippen molar-refractivity contribution in [3.05, 3.63) is 58.8 Å². The van der Waals surface area contributed by atoms with Crippen molar-refractivity contribution in [1.82, 2.24) is 14.5 Å². The number of carbonyl (C=O) groups is 1. The largest absolute Gasteiger partial charge is 0.417 e. The van der Waals surface area contributed by atoms with Gasteiger partial charge in [-0.05, 0) is 54.1 Å². The number of nitrogens with zero attached hydrogens (tertiary/aromatic N) is 4.